The molecule has 100 valence electrons. The van der Waals surface area contributed by atoms with Crippen molar-refractivity contribution in [3.8, 4) is 22.2 Å². The van der Waals surface area contributed by atoms with E-state index in [2.05, 4.69) is 43.5 Å². The Morgan fingerprint density at radius 1 is 1.30 bits per heavy atom. The van der Waals surface area contributed by atoms with Crippen molar-refractivity contribution in [2.24, 2.45) is 0 Å². The molecule has 1 N–H and O–H groups in total. The molecule has 0 saturated heterocycles. The summed E-state index contributed by atoms with van der Waals surface area (Å²) in [7, 11) is 0. The first-order valence-electron chi connectivity index (χ1n) is 6.25. The van der Waals surface area contributed by atoms with Crippen molar-refractivity contribution in [3.05, 3.63) is 39.7 Å². The van der Waals surface area contributed by atoms with Crippen molar-refractivity contribution in [2.75, 3.05) is 11.9 Å². The number of halogens is 1. The molecule has 0 spiro atoms. The third kappa shape index (κ3) is 2.05. The highest BCUT2D eigenvalue weighted by molar-refractivity contribution is 9.10. The maximum atomic E-state index is 5.38. The molecule has 6 heteroatoms. The van der Waals surface area contributed by atoms with E-state index in [1.54, 1.807) is 11.3 Å². The molecule has 4 nitrogen and oxygen atoms in total. The van der Waals surface area contributed by atoms with Gasteiger partial charge in [0.15, 0.2) is 0 Å². The van der Waals surface area contributed by atoms with Crippen molar-refractivity contribution in [3.63, 3.8) is 0 Å². The Morgan fingerprint density at radius 2 is 2.25 bits per heavy atom. The zero-order chi connectivity index (χ0) is 13.5. The van der Waals surface area contributed by atoms with Gasteiger partial charge in [-0.1, -0.05) is 11.2 Å². The van der Waals surface area contributed by atoms with Crippen LogP contribution in [0.15, 0.2) is 38.6 Å². The quantitative estimate of drug-likeness (QED) is 0.754. The van der Waals surface area contributed by atoms with Crippen molar-refractivity contribution in [1.29, 1.82) is 0 Å². The van der Waals surface area contributed by atoms with Gasteiger partial charge in [-0.25, -0.2) is 0 Å². The molecular formula is C14H10BrN3OS. The maximum absolute atomic E-state index is 5.38. The lowest BCUT2D eigenvalue weighted by Gasteiger charge is -2.00. The molecular weight excluding hydrogens is 338 g/mol. The van der Waals surface area contributed by atoms with E-state index in [0.717, 1.165) is 27.9 Å². The zero-order valence-electron chi connectivity index (χ0n) is 10.4. The van der Waals surface area contributed by atoms with Crippen LogP contribution >= 0.6 is 27.3 Å². The topological polar surface area (TPSA) is 51.0 Å². The summed E-state index contributed by atoms with van der Waals surface area (Å²) in [4.78, 5) is 5.47. The van der Waals surface area contributed by atoms with Gasteiger partial charge in [-0.15, -0.1) is 11.3 Å². The lowest BCUT2D eigenvalue weighted by Crippen LogP contribution is -1.91. The van der Waals surface area contributed by atoms with Gasteiger partial charge in [0.1, 0.15) is 0 Å². The Bertz CT molecular complexity index is 780. The minimum Gasteiger partial charge on any atom is -0.384 e. The summed E-state index contributed by atoms with van der Waals surface area (Å²) in [6, 6.07) is 8.22. The summed E-state index contributed by atoms with van der Waals surface area (Å²) < 4.78 is 6.41. The van der Waals surface area contributed by atoms with E-state index in [1.165, 1.54) is 11.3 Å². The molecule has 2 aromatic heterocycles. The highest BCUT2D eigenvalue weighted by Gasteiger charge is 2.15. The van der Waals surface area contributed by atoms with Crippen LogP contribution in [0.1, 0.15) is 5.56 Å². The van der Waals surface area contributed by atoms with Crippen LogP contribution in [0, 0.1) is 0 Å². The molecule has 20 heavy (non-hydrogen) atoms. The lowest BCUT2D eigenvalue weighted by molar-refractivity contribution is 0.432. The molecule has 0 bridgehead atoms. The monoisotopic (exact) mass is 347 g/mol. The average Bonchev–Trinajstić information content (AvgIpc) is 3.17. The average molecular weight is 348 g/mol. The van der Waals surface area contributed by atoms with Crippen LogP contribution in [0.3, 0.4) is 0 Å². The summed E-state index contributed by atoms with van der Waals surface area (Å²) in [5.41, 5.74) is 3.46. The molecule has 0 aliphatic carbocycles. The smallest absolute Gasteiger partial charge is 0.258 e. The molecule has 0 saturated carbocycles. The largest absolute Gasteiger partial charge is 0.384 e. The van der Waals surface area contributed by atoms with Gasteiger partial charge in [-0.05, 0) is 46.1 Å². The second-order valence-electron chi connectivity index (χ2n) is 4.60. The van der Waals surface area contributed by atoms with Gasteiger partial charge in [0, 0.05) is 27.6 Å². The number of nitrogens with one attached hydrogen (secondary N) is 1. The lowest BCUT2D eigenvalue weighted by atomic mass is 10.1. The van der Waals surface area contributed by atoms with Crippen LogP contribution < -0.4 is 5.32 Å². The Kier molecular flexibility index (Phi) is 2.85. The Hall–Kier alpha value is -1.66. The molecule has 1 aromatic carbocycles. The van der Waals surface area contributed by atoms with E-state index in [1.807, 2.05) is 17.5 Å². The van der Waals surface area contributed by atoms with Gasteiger partial charge in [-0.2, -0.15) is 4.98 Å². The third-order valence-corrected chi connectivity index (χ3v) is 4.97. The number of hydrogen-bond donors (Lipinski definition) is 1. The first-order chi connectivity index (χ1) is 9.79. The maximum Gasteiger partial charge on any atom is 0.258 e. The van der Waals surface area contributed by atoms with E-state index in [9.17, 15) is 0 Å². The minimum absolute atomic E-state index is 0.557. The van der Waals surface area contributed by atoms with E-state index < -0.39 is 0 Å². The predicted octanol–water partition coefficient (Wildman–Crippen LogP) is 4.20. The molecule has 0 fully saturated rings. The number of nitrogens with zero attached hydrogens (tertiary/aromatic N) is 2. The molecule has 0 radical (unpaired) electrons. The fraction of sp³-hybridized carbons (Fsp3) is 0.143. The Labute approximate surface area is 128 Å². The molecule has 1 aliphatic rings. The van der Waals surface area contributed by atoms with Crippen LogP contribution in [0.25, 0.3) is 22.2 Å². The number of fused-ring (bicyclic) bond motifs is 1. The molecule has 4 rings (SSSR count). The van der Waals surface area contributed by atoms with Crippen LogP contribution in [-0.4, -0.2) is 16.7 Å². The zero-order valence-corrected chi connectivity index (χ0v) is 12.8. The van der Waals surface area contributed by atoms with E-state index in [-0.39, 0.29) is 0 Å². The summed E-state index contributed by atoms with van der Waals surface area (Å²) >= 11 is 5.02. The standard InChI is InChI=1S/C14H10BrN3OS/c15-10-6-12(20-7-10)13-17-14(19-18-13)9-2-1-8-3-4-16-11(8)5-9/h1-2,5-7,16H,3-4H2. The molecule has 3 heterocycles. The van der Waals surface area contributed by atoms with Crippen molar-refractivity contribution < 1.29 is 4.52 Å². The highest BCUT2D eigenvalue weighted by atomic mass is 79.9. The van der Waals surface area contributed by atoms with Gasteiger partial charge in [0.25, 0.3) is 5.89 Å². The summed E-state index contributed by atoms with van der Waals surface area (Å²) in [6.45, 7) is 0.997. The van der Waals surface area contributed by atoms with E-state index in [4.69, 9.17) is 4.52 Å². The van der Waals surface area contributed by atoms with E-state index in [0.29, 0.717) is 11.7 Å². The minimum atomic E-state index is 0.557. The van der Waals surface area contributed by atoms with E-state index >= 15 is 0 Å². The van der Waals surface area contributed by atoms with Gasteiger partial charge in [-0.3, -0.25) is 0 Å². The first kappa shape index (κ1) is 12.1. The van der Waals surface area contributed by atoms with Gasteiger partial charge in [0.2, 0.25) is 5.82 Å². The van der Waals surface area contributed by atoms with Crippen LogP contribution in [0.2, 0.25) is 0 Å². The van der Waals surface area contributed by atoms with Crippen LogP contribution in [0.4, 0.5) is 5.69 Å². The third-order valence-electron chi connectivity index (χ3n) is 3.28. The van der Waals surface area contributed by atoms with Crippen molar-refractivity contribution >= 4 is 33.0 Å². The van der Waals surface area contributed by atoms with Gasteiger partial charge < -0.3 is 9.84 Å². The van der Waals surface area contributed by atoms with Gasteiger partial charge in [0.05, 0.1) is 4.88 Å². The second kappa shape index (κ2) is 4.71. The Balaban J connectivity index is 1.71. The normalized spacial score (nSPS) is 13.2. The number of anilines is 1. The summed E-state index contributed by atoms with van der Waals surface area (Å²) in [6.07, 6.45) is 1.08. The molecule has 0 atom stereocenters. The second-order valence-corrected chi connectivity index (χ2v) is 6.43. The molecule has 0 unspecified atom stereocenters. The van der Waals surface area contributed by atoms with Crippen molar-refractivity contribution in [1.82, 2.24) is 10.1 Å². The number of benzene rings is 1. The van der Waals surface area contributed by atoms with Crippen molar-refractivity contribution in [2.45, 2.75) is 6.42 Å². The summed E-state index contributed by atoms with van der Waals surface area (Å²) in [5, 5.41) is 9.42. The number of thiophene rings is 1. The van der Waals surface area contributed by atoms with Crippen LogP contribution in [0.5, 0.6) is 0 Å². The molecule has 1 aliphatic heterocycles. The predicted molar refractivity (Wildman–Crippen MR) is 82.9 cm³/mol. The molecule has 0 amide bonds. The fourth-order valence-electron chi connectivity index (χ4n) is 2.30. The number of hydrogen-bond acceptors (Lipinski definition) is 5. The highest BCUT2D eigenvalue weighted by Crippen LogP contribution is 2.31. The SMILES string of the molecule is Brc1csc(-c2noc(-c3ccc4c(c3)NCC4)n2)c1. The summed E-state index contributed by atoms with van der Waals surface area (Å²) in [5.74, 6) is 1.19. The Morgan fingerprint density at radius 3 is 3.10 bits per heavy atom. The number of rotatable bonds is 2. The van der Waals surface area contributed by atoms with Gasteiger partial charge >= 0.3 is 0 Å². The first-order valence-corrected chi connectivity index (χ1v) is 7.92. The fourth-order valence-corrected chi connectivity index (χ4v) is 3.65. The molecule has 3 aromatic rings. The van der Waals surface area contributed by atoms with Crippen LogP contribution in [-0.2, 0) is 6.42 Å². The number of aromatic nitrogens is 2.